The van der Waals surface area contributed by atoms with Crippen molar-refractivity contribution in [2.24, 2.45) is 10.8 Å². The summed E-state index contributed by atoms with van der Waals surface area (Å²) >= 11 is 0. The Bertz CT molecular complexity index is 970. The van der Waals surface area contributed by atoms with E-state index in [2.05, 4.69) is 10.1 Å². The molecule has 0 aliphatic carbocycles. The molecule has 160 valence electrons. The van der Waals surface area contributed by atoms with E-state index in [4.69, 9.17) is 5.73 Å². The van der Waals surface area contributed by atoms with E-state index in [0.29, 0.717) is 5.69 Å². The minimum atomic E-state index is -4.43. The highest BCUT2D eigenvalue weighted by atomic mass is 19.4. The van der Waals surface area contributed by atoms with E-state index in [-0.39, 0.29) is 24.5 Å². The van der Waals surface area contributed by atoms with Gasteiger partial charge in [-0.3, -0.25) is 14.6 Å². The Morgan fingerprint density at radius 1 is 1.27 bits per heavy atom. The number of hydrogen-bond acceptors (Lipinski definition) is 5. The number of amides is 2. The van der Waals surface area contributed by atoms with E-state index in [1.54, 1.807) is 0 Å². The number of primary amides is 1. The number of nitrogens with zero attached hydrogens (tertiary/aromatic N) is 5. The highest BCUT2D eigenvalue weighted by Crippen LogP contribution is 2.25. The molecule has 1 aromatic carbocycles. The van der Waals surface area contributed by atoms with Crippen LogP contribution in [0, 0.1) is 5.82 Å². The molecule has 1 aliphatic rings. The number of carbonyl (C=O) groups excluding carboxylic acids is 2. The Labute approximate surface area is 168 Å². The van der Waals surface area contributed by atoms with Gasteiger partial charge in [0, 0.05) is 25.9 Å². The zero-order chi connectivity index (χ0) is 22.1. The monoisotopic (exact) mass is 426 g/mol. The molecular weight excluding hydrogens is 408 g/mol. The minimum absolute atomic E-state index is 0.000414. The Morgan fingerprint density at radius 3 is 2.53 bits per heavy atom. The molecule has 1 aromatic heterocycles. The Hall–Kier alpha value is -3.44. The molecule has 1 unspecified atom stereocenters. The van der Waals surface area contributed by atoms with Crippen molar-refractivity contribution >= 4 is 23.2 Å². The van der Waals surface area contributed by atoms with Gasteiger partial charge in [0.05, 0.1) is 12.2 Å². The van der Waals surface area contributed by atoms with Crippen molar-refractivity contribution in [3.8, 4) is 0 Å². The average Bonchev–Trinajstić information content (AvgIpc) is 3.28. The lowest BCUT2D eigenvalue weighted by Gasteiger charge is -2.20. The van der Waals surface area contributed by atoms with Crippen LogP contribution in [0.4, 0.5) is 23.2 Å². The average molecular weight is 426 g/mol. The predicted octanol–water partition coefficient (Wildman–Crippen LogP) is 1.66. The van der Waals surface area contributed by atoms with Crippen LogP contribution in [-0.2, 0) is 22.7 Å². The number of nitrogens with two attached hydrogens (primary N) is 1. The van der Waals surface area contributed by atoms with Gasteiger partial charge in [-0.25, -0.2) is 9.37 Å². The fourth-order valence-corrected chi connectivity index (χ4v) is 3.03. The second-order valence-electron chi connectivity index (χ2n) is 6.74. The van der Waals surface area contributed by atoms with Crippen LogP contribution in [0.15, 0.2) is 41.8 Å². The largest absolute Gasteiger partial charge is 0.406 e. The fraction of sp³-hybridized carbons (Fsp3) is 0.333. The first-order valence-electron chi connectivity index (χ1n) is 8.79. The van der Waals surface area contributed by atoms with Crippen LogP contribution in [-0.4, -0.2) is 51.2 Å². The van der Waals surface area contributed by atoms with Gasteiger partial charge in [-0.05, 0) is 24.3 Å². The zero-order valence-electron chi connectivity index (χ0n) is 15.8. The molecule has 2 aromatic rings. The molecule has 2 N–H and O–H groups in total. The van der Waals surface area contributed by atoms with E-state index in [1.807, 2.05) is 0 Å². The Balaban J connectivity index is 1.77. The first-order chi connectivity index (χ1) is 14.0. The SMILES string of the molecule is CN(Cc1nccn1CC(F)(F)F)C(=O)C1=NN(c2ccc(F)cc2)C(C(N)=O)C1. The van der Waals surface area contributed by atoms with E-state index >= 15 is 0 Å². The lowest BCUT2D eigenvalue weighted by molar-refractivity contribution is -0.141. The molecular formula is C18H18F4N6O2. The Morgan fingerprint density at radius 2 is 1.93 bits per heavy atom. The first-order valence-corrected chi connectivity index (χ1v) is 8.79. The van der Waals surface area contributed by atoms with Crippen LogP contribution in [0.25, 0.3) is 0 Å². The maximum absolute atomic E-state index is 13.2. The summed E-state index contributed by atoms with van der Waals surface area (Å²) < 4.78 is 52.1. The third-order valence-corrected chi connectivity index (χ3v) is 4.45. The van der Waals surface area contributed by atoms with Gasteiger partial charge < -0.3 is 15.2 Å². The van der Waals surface area contributed by atoms with Crippen molar-refractivity contribution in [1.29, 1.82) is 0 Å². The van der Waals surface area contributed by atoms with E-state index in [9.17, 15) is 27.2 Å². The molecule has 1 aliphatic heterocycles. The summed E-state index contributed by atoms with van der Waals surface area (Å²) in [4.78, 5) is 29.6. The van der Waals surface area contributed by atoms with Crippen molar-refractivity contribution in [1.82, 2.24) is 14.5 Å². The van der Waals surface area contributed by atoms with E-state index in [1.165, 1.54) is 48.7 Å². The van der Waals surface area contributed by atoms with Crippen molar-refractivity contribution in [3.05, 3.63) is 48.3 Å². The summed E-state index contributed by atoms with van der Waals surface area (Å²) in [5.74, 6) is -1.76. The topological polar surface area (TPSA) is 96.8 Å². The van der Waals surface area contributed by atoms with E-state index < -0.39 is 36.4 Å². The number of hydrogen-bond donors (Lipinski definition) is 1. The lowest BCUT2D eigenvalue weighted by Crippen LogP contribution is -2.40. The molecule has 0 bridgehead atoms. The van der Waals surface area contributed by atoms with Crippen LogP contribution in [0.1, 0.15) is 12.2 Å². The Kier molecular flexibility index (Phi) is 5.76. The number of carbonyl (C=O) groups is 2. The highest BCUT2D eigenvalue weighted by molar-refractivity contribution is 6.40. The van der Waals surface area contributed by atoms with Crippen molar-refractivity contribution < 1.29 is 27.2 Å². The van der Waals surface area contributed by atoms with Gasteiger partial charge in [-0.1, -0.05) is 0 Å². The van der Waals surface area contributed by atoms with Crippen LogP contribution in [0.2, 0.25) is 0 Å². The summed E-state index contributed by atoms with van der Waals surface area (Å²) in [5, 5.41) is 5.38. The van der Waals surface area contributed by atoms with Gasteiger partial charge in [0.2, 0.25) is 5.91 Å². The summed E-state index contributed by atoms with van der Waals surface area (Å²) in [7, 11) is 1.39. The molecule has 0 spiro atoms. The number of rotatable bonds is 6. The van der Waals surface area contributed by atoms with Crippen LogP contribution < -0.4 is 10.7 Å². The number of anilines is 1. The third kappa shape index (κ3) is 4.75. The standard InChI is InChI=1S/C18H18F4N6O2/c1-26(9-15-24-6-7-27(15)10-18(20,21)22)17(30)13-8-14(16(23)29)28(25-13)12-4-2-11(19)3-5-12/h2-7,14H,8-10H2,1H3,(H2,23,29). The molecule has 8 nitrogen and oxygen atoms in total. The van der Waals surface area contributed by atoms with Gasteiger partial charge in [0.1, 0.15) is 29.9 Å². The quantitative estimate of drug-likeness (QED) is 0.711. The van der Waals surface area contributed by atoms with Crippen LogP contribution >= 0.6 is 0 Å². The van der Waals surface area contributed by atoms with Crippen molar-refractivity contribution in [2.75, 3.05) is 12.1 Å². The molecule has 1 atom stereocenters. The van der Waals surface area contributed by atoms with Crippen molar-refractivity contribution in [3.63, 3.8) is 0 Å². The number of halogens is 4. The number of aromatic nitrogens is 2. The smallest absolute Gasteiger partial charge is 0.368 e. The lowest BCUT2D eigenvalue weighted by atomic mass is 10.1. The number of imidazole rings is 1. The van der Waals surface area contributed by atoms with E-state index in [0.717, 1.165) is 9.47 Å². The van der Waals surface area contributed by atoms with Gasteiger partial charge in [0.15, 0.2) is 0 Å². The molecule has 2 amide bonds. The molecule has 3 rings (SSSR count). The molecule has 0 fully saturated rings. The van der Waals surface area contributed by atoms with Gasteiger partial charge >= 0.3 is 6.18 Å². The molecule has 0 saturated heterocycles. The van der Waals surface area contributed by atoms with Gasteiger partial charge in [-0.15, -0.1) is 0 Å². The zero-order valence-corrected chi connectivity index (χ0v) is 15.8. The van der Waals surface area contributed by atoms with Gasteiger partial charge in [-0.2, -0.15) is 18.3 Å². The molecule has 0 radical (unpaired) electrons. The highest BCUT2D eigenvalue weighted by Gasteiger charge is 2.36. The minimum Gasteiger partial charge on any atom is -0.368 e. The summed E-state index contributed by atoms with van der Waals surface area (Å²) in [5.41, 5.74) is 5.78. The summed E-state index contributed by atoms with van der Waals surface area (Å²) in [6, 6.07) is 4.18. The maximum atomic E-state index is 13.2. The summed E-state index contributed by atoms with van der Waals surface area (Å²) in [6.45, 7) is -1.42. The molecule has 12 heteroatoms. The second-order valence-corrected chi connectivity index (χ2v) is 6.74. The first kappa shape index (κ1) is 21.3. The summed E-state index contributed by atoms with van der Waals surface area (Å²) in [6.07, 6.45) is -2.13. The normalized spacial score (nSPS) is 16.5. The number of alkyl halides is 3. The maximum Gasteiger partial charge on any atom is 0.406 e. The van der Waals surface area contributed by atoms with Crippen molar-refractivity contribution in [2.45, 2.75) is 31.7 Å². The number of benzene rings is 1. The predicted molar refractivity (Wildman–Crippen MR) is 98.7 cm³/mol. The molecule has 30 heavy (non-hydrogen) atoms. The molecule has 0 saturated carbocycles. The van der Waals surface area contributed by atoms with Crippen LogP contribution in [0.3, 0.4) is 0 Å². The van der Waals surface area contributed by atoms with Crippen LogP contribution in [0.5, 0.6) is 0 Å². The second kappa shape index (κ2) is 8.13. The number of hydrazone groups is 1. The van der Waals surface area contributed by atoms with Gasteiger partial charge in [0.25, 0.3) is 5.91 Å². The molecule has 2 heterocycles. The third-order valence-electron chi connectivity index (χ3n) is 4.45. The fourth-order valence-electron chi connectivity index (χ4n) is 3.03.